The van der Waals surface area contributed by atoms with Crippen molar-refractivity contribution in [2.45, 2.75) is 55.9 Å². The second-order valence-corrected chi connectivity index (χ2v) is 9.58. The number of piperidine rings is 1. The third-order valence-corrected chi connectivity index (χ3v) is 7.16. The highest BCUT2D eigenvalue weighted by Crippen LogP contribution is 2.28. The number of nitrogens with one attached hydrogen (secondary N) is 1. The van der Waals surface area contributed by atoms with Crippen LogP contribution in [0.5, 0.6) is 0 Å². The lowest BCUT2D eigenvalue weighted by molar-refractivity contribution is 0.0693. The molecule has 0 aromatic carbocycles. The van der Waals surface area contributed by atoms with E-state index < -0.39 is 15.1 Å². The molecule has 1 aromatic heterocycles. The number of sulfone groups is 1. The van der Waals surface area contributed by atoms with Crippen molar-refractivity contribution in [2.24, 2.45) is 0 Å². The quantitative estimate of drug-likeness (QED) is 0.824. The number of amides is 1. The number of halogens is 1. The monoisotopic (exact) mass is 404 g/mol. The van der Waals surface area contributed by atoms with E-state index in [0.717, 1.165) is 45.2 Å². The number of rotatable bonds is 4. The van der Waals surface area contributed by atoms with Crippen molar-refractivity contribution >= 4 is 28.2 Å². The summed E-state index contributed by atoms with van der Waals surface area (Å²) in [4.78, 5) is 14.4. The van der Waals surface area contributed by atoms with Crippen molar-refractivity contribution in [3.05, 3.63) is 18.0 Å². The minimum absolute atomic E-state index is 0. The zero-order valence-electron chi connectivity index (χ0n) is 15.4. The van der Waals surface area contributed by atoms with Crippen molar-refractivity contribution in [1.29, 1.82) is 0 Å². The highest BCUT2D eigenvalue weighted by Gasteiger charge is 2.37. The van der Waals surface area contributed by atoms with E-state index in [4.69, 9.17) is 0 Å². The van der Waals surface area contributed by atoms with Gasteiger partial charge in [-0.25, -0.2) is 8.42 Å². The molecule has 3 rings (SSSR count). The molecule has 2 heterocycles. The number of carbonyl (C=O) groups excluding carboxylic acids is 1. The molecule has 1 aliphatic heterocycles. The van der Waals surface area contributed by atoms with Crippen molar-refractivity contribution < 1.29 is 13.2 Å². The molecule has 148 valence electrons. The summed E-state index contributed by atoms with van der Waals surface area (Å²) in [6, 6.07) is 1.75. The molecule has 26 heavy (non-hydrogen) atoms. The fourth-order valence-corrected chi connectivity index (χ4v) is 5.55. The van der Waals surface area contributed by atoms with Crippen LogP contribution in [0, 0.1) is 0 Å². The first-order chi connectivity index (χ1) is 11.9. The van der Waals surface area contributed by atoms with Crippen molar-refractivity contribution in [2.75, 3.05) is 26.4 Å². The maximum atomic E-state index is 12.9. The van der Waals surface area contributed by atoms with Gasteiger partial charge in [0.1, 0.15) is 5.69 Å². The molecule has 7 nitrogen and oxygen atoms in total. The van der Waals surface area contributed by atoms with Crippen LogP contribution in [0.4, 0.5) is 0 Å². The van der Waals surface area contributed by atoms with E-state index in [9.17, 15) is 13.2 Å². The van der Waals surface area contributed by atoms with Gasteiger partial charge < -0.3 is 10.2 Å². The minimum Gasteiger partial charge on any atom is -0.336 e. The van der Waals surface area contributed by atoms with E-state index in [1.54, 1.807) is 18.0 Å². The molecule has 1 aliphatic carbocycles. The Labute approximate surface area is 161 Å². The lowest BCUT2D eigenvalue weighted by Gasteiger charge is -2.36. The van der Waals surface area contributed by atoms with E-state index >= 15 is 0 Å². The molecule has 3 unspecified atom stereocenters. The zero-order chi connectivity index (χ0) is 18.0. The highest BCUT2D eigenvalue weighted by molar-refractivity contribution is 7.91. The van der Waals surface area contributed by atoms with Crippen molar-refractivity contribution in [3.8, 4) is 0 Å². The summed E-state index contributed by atoms with van der Waals surface area (Å²) < 4.78 is 26.1. The Hall–Kier alpha value is -1.12. The van der Waals surface area contributed by atoms with Crippen LogP contribution >= 0.6 is 12.4 Å². The number of aromatic nitrogens is 2. The number of nitrogens with zero attached hydrogens (tertiary/aromatic N) is 3. The summed E-state index contributed by atoms with van der Waals surface area (Å²) in [6.07, 6.45) is 8.50. The predicted molar refractivity (Wildman–Crippen MR) is 104 cm³/mol. The Kier molecular flexibility index (Phi) is 7.10. The Morgan fingerprint density at radius 2 is 2.00 bits per heavy atom. The van der Waals surface area contributed by atoms with E-state index in [-0.39, 0.29) is 30.4 Å². The molecule has 9 heteroatoms. The first-order valence-corrected chi connectivity index (χ1v) is 11.1. The lowest BCUT2D eigenvalue weighted by atomic mass is 9.93. The molecule has 1 amide bonds. The van der Waals surface area contributed by atoms with E-state index in [0.29, 0.717) is 12.1 Å². The molecular weight excluding hydrogens is 376 g/mol. The van der Waals surface area contributed by atoms with Gasteiger partial charge in [-0.15, -0.1) is 12.4 Å². The molecule has 0 spiro atoms. The summed E-state index contributed by atoms with van der Waals surface area (Å²) in [6.45, 7) is 1.89. The van der Waals surface area contributed by atoms with Crippen LogP contribution in [0.2, 0.25) is 0 Å². The van der Waals surface area contributed by atoms with Crippen LogP contribution in [0.1, 0.15) is 55.1 Å². The van der Waals surface area contributed by atoms with Crippen LogP contribution < -0.4 is 5.32 Å². The molecule has 0 bridgehead atoms. The second kappa shape index (κ2) is 8.71. The van der Waals surface area contributed by atoms with Crippen molar-refractivity contribution in [3.63, 3.8) is 0 Å². The maximum Gasteiger partial charge on any atom is 0.274 e. The van der Waals surface area contributed by atoms with Gasteiger partial charge in [0.25, 0.3) is 5.91 Å². The SMILES string of the molecule is CN(C(=O)c1ccn(C2CCCNC2)n1)C1CCCCC1S(C)(=O)=O.Cl. The third kappa shape index (κ3) is 4.58. The van der Waals surface area contributed by atoms with E-state index in [2.05, 4.69) is 10.4 Å². The fourth-order valence-electron chi connectivity index (χ4n) is 4.07. The largest absolute Gasteiger partial charge is 0.336 e. The third-order valence-electron chi connectivity index (χ3n) is 5.51. The Morgan fingerprint density at radius 1 is 1.27 bits per heavy atom. The van der Waals surface area contributed by atoms with Crippen molar-refractivity contribution in [1.82, 2.24) is 20.0 Å². The number of hydrogen-bond acceptors (Lipinski definition) is 5. The first-order valence-electron chi connectivity index (χ1n) is 9.10. The molecule has 1 N–H and O–H groups in total. The summed E-state index contributed by atoms with van der Waals surface area (Å²) in [5, 5.41) is 7.35. The Balaban J connectivity index is 0.00000243. The standard InChI is InChI=1S/C17H28N4O3S.ClH/c1-20(15-7-3-4-8-16(15)25(2,23)24)17(22)14-9-11-21(19-14)13-6-5-10-18-12-13;/h9,11,13,15-16,18H,3-8,10,12H2,1-2H3;1H. The number of hydrogen-bond donors (Lipinski definition) is 1. The average Bonchev–Trinajstić information content (AvgIpc) is 3.10. The van der Waals surface area contributed by atoms with Gasteiger partial charge in [0.15, 0.2) is 9.84 Å². The van der Waals surface area contributed by atoms with E-state index in [1.807, 2.05) is 10.9 Å². The van der Waals surface area contributed by atoms with Gasteiger partial charge in [0, 0.05) is 32.1 Å². The van der Waals surface area contributed by atoms with Crippen LogP contribution in [-0.4, -0.2) is 66.7 Å². The summed E-state index contributed by atoms with van der Waals surface area (Å²) in [7, 11) is -1.47. The molecule has 1 saturated carbocycles. The van der Waals surface area contributed by atoms with Crippen LogP contribution in [0.3, 0.4) is 0 Å². The first kappa shape index (κ1) is 21.2. The van der Waals surface area contributed by atoms with Gasteiger partial charge in [-0.05, 0) is 38.3 Å². The minimum atomic E-state index is -3.18. The van der Waals surface area contributed by atoms with Gasteiger partial charge in [-0.1, -0.05) is 12.8 Å². The zero-order valence-corrected chi connectivity index (χ0v) is 17.1. The molecule has 0 radical (unpaired) electrons. The van der Waals surface area contributed by atoms with E-state index in [1.165, 1.54) is 6.26 Å². The Morgan fingerprint density at radius 3 is 2.65 bits per heavy atom. The highest BCUT2D eigenvalue weighted by atomic mass is 35.5. The molecular formula is C17H29ClN4O3S. The smallest absolute Gasteiger partial charge is 0.274 e. The normalized spacial score (nSPS) is 26.8. The second-order valence-electron chi connectivity index (χ2n) is 7.32. The number of carbonyl (C=O) groups is 1. The summed E-state index contributed by atoms with van der Waals surface area (Å²) in [5.41, 5.74) is 0.394. The molecule has 2 fully saturated rings. The van der Waals surface area contributed by atoms with Gasteiger partial charge in [-0.2, -0.15) is 5.10 Å². The summed E-state index contributed by atoms with van der Waals surface area (Å²) in [5.74, 6) is -0.192. The maximum absolute atomic E-state index is 12.9. The van der Waals surface area contributed by atoms with Crippen LogP contribution in [-0.2, 0) is 9.84 Å². The molecule has 3 atom stereocenters. The molecule has 2 aliphatic rings. The van der Waals surface area contributed by atoms with Gasteiger partial charge in [0.05, 0.1) is 11.3 Å². The Bertz CT molecular complexity index is 715. The fraction of sp³-hybridized carbons (Fsp3) is 0.765. The topological polar surface area (TPSA) is 84.3 Å². The average molecular weight is 405 g/mol. The summed E-state index contributed by atoms with van der Waals surface area (Å²) >= 11 is 0. The van der Waals surface area contributed by atoms with Gasteiger partial charge >= 0.3 is 0 Å². The molecule has 1 aromatic rings. The predicted octanol–water partition coefficient (Wildman–Crippen LogP) is 1.66. The lowest BCUT2D eigenvalue weighted by Crippen LogP contribution is -2.49. The van der Waals surface area contributed by atoms with Crippen LogP contribution in [0.25, 0.3) is 0 Å². The molecule has 1 saturated heterocycles. The van der Waals surface area contributed by atoms with Crippen LogP contribution in [0.15, 0.2) is 12.3 Å². The van der Waals surface area contributed by atoms with Gasteiger partial charge in [-0.3, -0.25) is 9.48 Å². The van der Waals surface area contributed by atoms with Gasteiger partial charge in [0.2, 0.25) is 0 Å².